The molecule has 1 N–H and O–H groups in total. The summed E-state index contributed by atoms with van der Waals surface area (Å²) in [7, 11) is 0. The van der Waals surface area contributed by atoms with Crippen LogP contribution >= 0.6 is 0 Å². The Bertz CT molecular complexity index is 1050. The summed E-state index contributed by atoms with van der Waals surface area (Å²) in [5.74, 6) is -0.210. The number of likely N-dealkylation sites (tertiary alicyclic amines) is 1. The van der Waals surface area contributed by atoms with Crippen LogP contribution in [0.1, 0.15) is 25.3 Å². The molecule has 1 aliphatic heterocycles. The molecule has 8 nitrogen and oxygen atoms in total. The third kappa shape index (κ3) is 4.37. The molecule has 3 aromatic rings. The average Bonchev–Trinajstić information content (AvgIpc) is 3.40. The van der Waals surface area contributed by atoms with Gasteiger partial charge in [0.25, 0.3) is 5.56 Å². The molecule has 0 aliphatic carbocycles. The van der Waals surface area contributed by atoms with Crippen LogP contribution in [0, 0.1) is 0 Å². The molecule has 1 aromatic carbocycles. The number of aryl methyl sites for hydroxylation is 1. The molecule has 8 heteroatoms. The van der Waals surface area contributed by atoms with Gasteiger partial charge in [-0.2, -0.15) is 10.2 Å². The minimum Gasteiger partial charge on any atom is -0.353 e. The van der Waals surface area contributed by atoms with Crippen LogP contribution in [0.15, 0.2) is 41.5 Å². The fourth-order valence-electron chi connectivity index (χ4n) is 3.65. The molecule has 29 heavy (non-hydrogen) atoms. The van der Waals surface area contributed by atoms with Crippen LogP contribution in [0.25, 0.3) is 16.8 Å². The van der Waals surface area contributed by atoms with Crippen molar-refractivity contribution in [1.29, 1.82) is 0 Å². The van der Waals surface area contributed by atoms with E-state index in [0.29, 0.717) is 17.8 Å². The van der Waals surface area contributed by atoms with Crippen LogP contribution in [0.5, 0.6) is 0 Å². The van der Waals surface area contributed by atoms with E-state index < -0.39 is 0 Å². The van der Waals surface area contributed by atoms with Gasteiger partial charge in [-0.1, -0.05) is 31.2 Å². The third-order valence-corrected chi connectivity index (χ3v) is 5.39. The van der Waals surface area contributed by atoms with Crippen molar-refractivity contribution >= 4 is 11.4 Å². The zero-order valence-corrected chi connectivity index (χ0v) is 16.7. The predicted octanol–water partition coefficient (Wildman–Crippen LogP) is 1.33. The number of carbonyl (C=O) groups excluding carboxylic acids is 1. The van der Waals surface area contributed by atoms with Crippen LogP contribution in [0.4, 0.5) is 0 Å². The minimum atomic E-state index is -0.328. The van der Waals surface area contributed by atoms with E-state index in [-0.39, 0.29) is 18.0 Å². The number of nitrogens with zero attached hydrogens (tertiary/aromatic N) is 5. The summed E-state index contributed by atoms with van der Waals surface area (Å²) in [6, 6.07) is 9.86. The van der Waals surface area contributed by atoms with E-state index in [0.717, 1.165) is 31.6 Å². The van der Waals surface area contributed by atoms with Gasteiger partial charge in [-0.25, -0.2) is 9.20 Å². The van der Waals surface area contributed by atoms with Crippen LogP contribution in [-0.2, 0) is 17.8 Å². The topological polar surface area (TPSA) is 84.5 Å². The highest BCUT2D eigenvalue weighted by Crippen LogP contribution is 2.19. The van der Waals surface area contributed by atoms with Gasteiger partial charge in [0.1, 0.15) is 18.4 Å². The van der Waals surface area contributed by atoms with E-state index >= 15 is 0 Å². The summed E-state index contributed by atoms with van der Waals surface area (Å²) >= 11 is 0. The highest BCUT2D eigenvalue weighted by Gasteiger charge is 2.14. The molecule has 0 saturated carbocycles. The van der Waals surface area contributed by atoms with Crippen molar-refractivity contribution in [3.8, 4) is 11.3 Å². The van der Waals surface area contributed by atoms with Crippen molar-refractivity contribution in [3.05, 3.63) is 52.6 Å². The number of aromatic nitrogens is 4. The largest absolute Gasteiger partial charge is 0.353 e. The third-order valence-electron chi connectivity index (χ3n) is 5.39. The smallest absolute Gasteiger partial charge is 0.293 e. The van der Waals surface area contributed by atoms with Crippen molar-refractivity contribution in [2.75, 3.05) is 26.2 Å². The molecule has 3 heterocycles. The summed E-state index contributed by atoms with van der Waals surface area (Å²) in [6.45, 7) is 5.63. The van der Waals surface area contributed by atoms with E-state index in [1.54, 1.807) is 6.07 Å². The van der Waals surface area contributed by atoms with Gasteiger partial charge in [-0.15, -0.1) is 0 Å². The van der Waals surface area contributed by atoms with Gasteiger partial charge < -0.3 is 10.2 Å². The molecular formula is C21H26N6O2. The maximum absolute atomic E-state index is 12.7. The first kappa shape index (κ1) is 19.3. The Balaban J connectivity index is 1.45. The molecule has 1 fully saturated rings. The lowest BCUT2D eigenvalue weighted by atomic mass is 10.1. The minimum absolute atomic E-state index is 0.0962. The number of hydrogen-bond acceptors (Lipinski definition) is 5. The highest BCUT2D eigenvalue weighted by atomic mass is 16.2. The number of rotatable bonds is 7. The van der Waals surface area contributed by atoms with E-state index in [1.165, 1.54) is 33.9 Å². The molecule has 0 spiro atoms. The highest BCUT2D eigenvalue weighted by molar-refractivity contribution is 5.75. The first-order chi connectivity index (χ1) is 14.1. The molecule has 0 bridgehead atoms. The molecule has 2 aromatic heterocycles. The van der Waals surface area contributed by atoms with E-state index in [4.69, 9.17) is 0 Å². The molecule has 1 saturated heterocycles. The lowest BCUT2D eigenvalue weighted by Crippen LogP contribution is -2.38. The first-order valence-corrected chi connectivity index (χ1v) is 10.2. The molecule has 4 rings (SSSR count). The standard InChI is InChI=1S/C21H26N6O2/c1-2-16-5-7-17(8-6-16)18-13-19-21(29)26(23-15-27(19)24-18)14-20(28)22-9-12-25-10-3-4-11-25/h5-8,13,15H,2-4,9-12,14H2,1H3,(H,22,28). The van der Waals surface area contributed by atoms with Crippen molar-refractivity contribution in [1.82, 2.24) is 29.6 Å². The fourth-order valence-corrected chi connectivity index (χ4v) is 3.65. The van der Waals surface area contributed by atoms with E-state index in [2.05, 4.69) is 39.5 Å². The maximum atomic E-state index is 12.7. The molecular weight excluding hydrogens is 368 g/mol. The zero-order valence-electron chi connectivity index (χ0n) is 16.7. The number of nitrogens with one attached hydrogen (secondary N) is 1. The second-order valence-corrected chi connectivity index (χ2v) is 7.40. The summed E-state index contributed by atoms with van der Waals surface area (Å²) in [4.78, 5) is 27.3. The Morgan fingerprint density at radius 1 is 1.17 bits per heavy atom. The Hall–Kier alpha value is -3.00. The quantitative estimate of drug-likeness (QED) is 0.654. The van der Waals surface area contributed by atoms with Crippen molar-refractivity contribution in [2.45, 2.75) is 32.7 Å². The lowest BCUT2D eigenvalue weighted by Gasteiger charge is -2.14. The van der Waals surface area contributed by atoms with Crippen molar-refractivity contribution in [3.63, 3.8) is 0 Å². The number of fused-ring (bicyclic) bond motifs is 1. The molecule has 0 unspecified atom stereocenters. The van der Waals surface area contributed by atoms with Crippen molar-refractivity contribution < 1.29 is 4.79 Å². The fraction of sp³-hybridized carbons (Fsp3) is 0.429. The number of hydrogen-bond donors (Lipinski definition) is 1. The second-order valence-electron chi connectivity index (χ2n) is 7.40. The van der Waals surface area contributed by atoms with E-state index in [9.17, 15) is 9.59 Å². The molecule has 0 radical (unpaired) electrons. The van der Waals surface area contributed by atoms with Gasteiger partial charge >= 0.3 is 0 Å². The molecule has 1 aliphatic rings. The van der Waals surface area contributed by atoms with Crippen LogP contribution in [0.3, 0.4) is 0 Å². The van der Waals surface area contributed by atoms with Gasteiger partial charge in [0, 0.05) is 18.7 Å². The Kier molecular flexibility index (Phi) is 5.71. The molecule has 0 atom stereocenters. The lowest BCUT2D eigenvalue weighted by molar-refractivity contribution is -0.121. The van der Waals surface area contributed by atoms with Gasteiger partial charge in [0.15, 0.2) is 0 Å². The van der Waals surface area contributed by atoms with Gasteiger partial charge in [-0.3, -0.25) is 9.59 Å². The summed E-state index contributed by atoms with van der Waals surface area (Å²) < 4.78 is 2.65. The maximum Gasteiger partial charge on any atom is 0.293 e. The number of carbonyl (C=O) groups is 1. The molecule has 1 amide bonds. The van der Waals surface area contributed by atoms with Crippen LogP contribution < -0.4 is 10.9 Å². The van der Waals surface area contributed by atoms with Gasteiger partial charge in [-0.05, 0) is 44.0 Å². The summed E-state index contributed by atoms with van der Waals surface area (Å²) in [6.07, 6.45) is 4.89. The number of benzene rings is 1. The summed E-state index contributed by atoms with van der Waals surface area (Å²) in [5, 5.41) is 11.4. The average molecular weight is 394 g/mol. The van der Waals surface area contributed by atoms with Crippen LogP contribution in [0.2, 0.25) is 0 Å². The van der Waals surface area contributed by atoms with E-state index in [1.807, 2.05) is 12.1 Å². The predicted molar refractivity (Wildman–Crippen MR) is 111 cm³/mol. The van der Waals surface area contributed by atoms with Gasteiger partial charge in [0.2, 0.25) is 5.91 Å². The van der Waals surface area contributed by atoms with Crippen LogP contribution in [-0.4, -0.2) is 56.4 Å². The monoisotopic (exact) mass is 394 g/mol. The Morgan fingerprint density at radius 3 is 2.66 bits per heavy atom. The normalized spacial score (nSPS) is 14.5. The first-order valence-electron chi connectivity index (χ1n) is 10.2. The zero-order chi connectivity index (χ0) is 20.2. The Morgan fingerprint density at radius 2 is 1.93 bits per heavy atom. The molecule has 152 valence electrons. The van der Waals surface area contributed by atoms with Crippen molar-refractivity contribution in [2.24, 2.45) is 0 Å². The number of amides is 1. The Labute approximate surface area is 169 Å². The second kappa shape index (κ2) is 8.57. The van der Waals surface area contributed by atoms with Gasteiger partial charge in [0.05, 0.1) is 5.69 Å². The summed E-state index contributed by atoms with van der Waals surface area (Å²) in [5.41, 5.74) is 2.97. The SMILES string of the molecule is CCc1ccc(-c2cc3c(=O)n(CC(=O)NCCN4CCCC4)ncn3n2)cc1.